The largest absolute Gasteiger partial charge is 0.469 e. The van der Waals surface area contributed by atoms with Crippen molar-refractivity contribution in [1.82, 2.24) is 0 Å². The van der Waals surface area contributed by atoms with Crippen molar-refractivity contribution in [1.29, 1.82) is 0 Å². The van der Waals surface area contributed by atoms with E-state index < -0.39 is 24.3 Å². The quantitative estimate of drug-likeness (QED) is 0.510. The molecule has 0 aromatic heterocycles. The Balaban J connectivity index is 2.38. The van der Waals surface area contributed by atoms with Crippen LogP contribution in [-0.4, -0.2) is 48.2 Å². The zero-order valence-corrected chi connectivity index (χ0v) is 6.77. The fourth-order valence-electron chi connectivity index (χ4n) is 1.09. The Morgan fingerprint density at radius 2 is 2.33 bits per heavy atom. The van der Waals surface area contributed by atoms with Crippen molar-refractivity contribution >= 4 is 5.97 Å². The van der Waals surface area contributed by atoms with Gasteiger partial charge in [0.25, 0.3) is 0 Å². The molecule has 0 amide bonds. The number of esters is 1. The third-order valence-electron chi connectivity index (χ3n) is 1.85. The van der Waals surface area contributed by atoms with Gasteiger partial charge >= 0.3 is 5.97 Å². The topological polar surface area (TPSA) is 76.0 Å². The molecule has 0 spiro atoms. The molecule has 12 heavy (non-hydrogen) atoms. The number of methoxy groups -OCH3 is 1. The minimum atomic E-state index is -0.982. The van der Waals surface area contributed by atoms with Crippen molar-refractivity contribution in [2.24, 2.45) is 0 Å². The van der Waals surface area contributed by atoms with Gasteiger partial charge in [0.1, 0.15) is 12.2 Å². The number of aliphatic hydroxyl groups excluding tert-OH is 2. The van der Waals surface area contributed by atoms with Gasteiger partial charge in [-0.1, -0.05) is 0 Å². The number of hydrogen-bond acceptors (Lipinski definition) is 5. The zero-order chi connectivity index (χ0) is 9.14. The van der Waals surface area contributed by atoms with Gasteiger partial charge in [-0.25, -0.2) is 0 Å². The van der Waals surface area contributed by atoms with Gasteiger partial charge in [0.2, 0.25) is 0 Å². The summed E-state index contributed by atoms with van der Waals surface area (Å²) in [5.41, 5.74) is 0. The standard InChI is InChI=1S/C7H12O5/c1-11-6(9)2-5-7(10)4(8)3-12-5/h4-5,7-8,10H,2-3H2,1H3/t4-,5+,7+/m0/s1. The summed E-state index contributed by atoms with van der Waals surface area (Å²) in [6.45, 7) is 0.0722. The zero-order valence-electron chi connectivity index (χ0n) is 6.77. The van der Waals surface area contributed by atoms with Crippen LogP contribution in [0.25, 0.3) is 0 Å². The Hall–Kier alpha value is -0.650. The highest BCUT2D eigenvalue weighted by Crippen LogP contribution is 2.17. The summed E-state index contributed by atoms with van der Waals surface area (Å²) >= 11 is 0. The second-order valence-electron chi connectivity index (χ2n) is 2.71. The summed E-state index contributed by atoms with van der Waals surface area (Å²) in [4.78, 5) is 10.7. The lowest BCUT2D eigenvalue weighted by molar-refractivity contribution is -0.144. The average molecular weight is 176 g/mol. The van der Waals surface area contributed by atoms with Gasteiger partial charge in [-0.3, -0.25) is 4.79 Å². The van der Waals surface area contributed by atoms with E-state index in [2.05, 4.69) is 4.74 Å². The van der Waals surface area contributed by atoms with Crippen LogP contribution in [0.2, 0.25) is 0 Å². The first-order valence-electron chi connectivity index (χ1n) is 3.69. The van der Waals surface area contributed by atoms with E-state index in [0.717, 1.165) is 0 Å². The third-order valence-corrected chi connectivity index (χ3v) is 1.85. The lowest BCUT2D eigenvalue weighted by Crippen LogP contribution is -2.31. The Kier molecular flexibility index (Phi) is 3.02. The number of carbonyl (C=O) groups excluding carboxylic acids is 1. The van der Waals surface area contributed by atoms with Crippen LogP contribution < -0.4 is 0 Å². The van der Waals surface area contributed by atoms with Crippen LogP contribution in [0, 0.1) is 0 Å². The normalized spacial score (nSPS) is 35.1. The molecule has 1 saturated heterocycles. The predicted molar refractivity (Wildman–Crippen MR) is 38.4 cm³/mol. The highest BCUT2D eigenvalue weighted by Gasteiger charge is 2.35. The molecule has 5 heteroatoms. The SMILES string of the molecule is COC(=O)C[C@H]1OC[C@H](O)[C@H]1O. The van der Waals surface area contributed by atoms with Crippen LogP contribution >= 0.6 is 0 Å². The van der Waals surface area contributed by atoms with Gasteiger partial charge in [-0.15, -0.1) is 0 Å². The molecule has 1 fully saturated rings. The summed E-state index contributed by atoms with van der Waals surface area (Å²) < 4.78 is 9.33. The van der Waals surface area contributed by atoms with Crippen molar-refractivity contribution < 1.29 is 24.5 Å². The van der Waals surface area contributed by atoms with E-state index in [9.17, 15) is 9.90 Å². The van der Waals surface area contributed by atoms with Crippen molar-refractivity contribution in [3.63, 3.8) is 0 Å². The van der Waals surface area contributed by atoms with E-state index in [1.807, 2.05) is 0 Å². The lowest BCUT2D eigenvalue weighted by atomic mass is 10.1. The Labute approximate surface area is 69.9 Å². The van der Waals surface area contributed by atoms with E-state index >= 15 is 0 Å². The lowest BCUT2D eigenvalue weighted by Gasteiger charge is -2.12. The highest BCUT2D eigenvalue weighted by atomic mass is 16.5. The number of carbonyl (C=O) groups is 1. The first kappa shape index (κ1) is 9.44. The third kappa shape index (κ3) is 1.94. The molecule has 1 aliphatic heterocycles. The number of ether oxygens (including phenoxy) is 2. The average Bonchev–Trinajstić information content (AvgIpc) is 2.36. The minimum Gasteiger partial charge on any atom is -0.469 e. The Morgan fingerprint density at radius 1 is 1.67 bits per heavy atom. The van der Waals surface area contributed by atoms with Crippen molar-refractivity contribution in [2.45, 2.75) is 24.7 Å². The fraction of sp³-hybridized carbons (Fsp3) is 0.857. The summed E-state index contributed by atoms with van der Waals surface area (Å²) in [5.74, 6) is -0.451. The van der Waals surface area contributed by atoms with Gasteiger partial charge in [-0.2, -0.15) is 0 Å². The summed E-state index contributed by atoms with van der Waals surface area (Å²) in [6, 6.07) is 0. The number of aliphatic hydroxyl groups is 2. The molecule has 2 N–H and O–H groups in total. The van der Waals surface area contributed by atoms with E-state index in [1.165, 1.54) is 7.11 Å². The van der Waals surface area contributed by atoms with Gasteiger partial charge in [0.15, 0.2) is 0 Å². The van der Waals surface area contributed by atoms with E-state index in [-0.39, 0.29) is 13.0 Å². The van der Waals surface area contributed by atoms with Gasteiger partial charge in [-0.05, 0) is 0 Å². The van der Waals surface area contributed by atoms with Crippen LogP contribution in [0.3, 0.4) is 0 Å². The minimum absolute atomic E-state index is 0.0191. The molecule has 1 aliphatic rings. The van der Waals surface area contributed by atoms with Gasteiger partial charge in [0, 0.05) is 0 Å². The molecule has 1 heterocycles. The summed E-state index contributed by atoms with van der Waals surface area (Å²) in [5, 5.41) is 18.2. The summed E-state index contributed by atoms with van der Waals surface area (Å²) in [7, 11) is 1.26. The second kappa shape index (κ2) is 3.84. The Morgan fingerprint density at radius 3 is 2.75 bits per heavy atom. The van der Waals surface area contributed by atoms with E-state index in [0.29, 0.717) is 0 Å². The fourth-order valence-corrected chi connectivity index (χ4v) is 1.09. The van der Waals surface area contributed by atoms with Gasteiger partial charge in [0.05, 0.1) is 26.2 Å². The van der Waals surface area contributed by atoms with Crippen LogP contribution in [-0.2, 0) is 14.3 Å². The first-order chi connectivity index (χ1) is 5.65. The highest BCUT2D eigenvalue weighted by molar-refractivity contribution is 5.69. The number of rotatable bonds is 2. The molecular formula is C7H12O5. The molecule has 0 unspecified atom stereocenters. The molecule has 0 saturated carbocycles. The van der Waals surface area contributed by atoms with E-state index in [4.69, 9.17) is 9.84 Å². The molecule has 0 aromatic rings. The molecule has 0 radical (unpaired) electrons. The van der Waals surface area contributed by atoms with Gasteiger partial charge < -0.3 is 19.7 Å². The molecule has 0 aliphatic carbocycles. The van der Waals surface area contributed by atoms with Crippen LogP contribution in [0.15, 0.2) is 0 Å². The maximum atomic E-state index is 10.7. The Bertz CT molecular complexity index is 169. The van der Waals surface area contributed by atoms with Crippen molar-refractivity contribution in [3.8, 4) is 0 Å². The smallest absolute Gasteiger partial charge is 0.308 e. The second-order valence-corrected chi connectivity index (χ2v) is 2.71. The molecule has 1 rings (SSSR count). The molecule has 5 nitrogen and oxygen atoms in total. The first-order valence-corrected chi connectivity index (χ1v) is 3.69. The molecule has 3 atom stereocenters. The van der Waals surface area contributed by atoms with E-state index in [1.54, 1.807) is 0 Å². The van der Waals surface area contributed by atoms with Crippen LogP contribution in [0.1, 0.15) is 6.42 Å². The van der Waals surface area contributed by atoms with Crippen LogP contribution in [0.4, 0.5) is 0 Å². The molecular weight excluding hydrogens is 164 g/mol. The number of hydrogen-bond donors (Lipinski definition) is 2. The van der Waals surface area contributed by atoms with Crippen LogP contribution in [0.5, 0.6) is 0 Å². The summed E-state index contributed by atoms with van der Waals surface area (Å²) in [6.07, 6.45) is -2.52. The predicted octanol–water partition coefficient (Wildman–Crippen LogP) is -1.33. The molecule has 0 aromatic carbocycles. The maximum Gasteiger partial charge on any atom is 0.308 e. The maximum absolute atomic E-state index is 10.7. The molecule has 70 valence electrons. The van der Waals surface area contributed by atoms with Crippen molar-refractivity contribution in [2.75, 3.05) is 13.7 Å². The van der Waals surface area contributed by atoms with Crippen molar-refractivity contribution in [3.05, 3.63) is 0 Å². The molecule has 0 bridgehead atoms. The monoisotopic (exact) mass is 176 g/mol.